The van der Waals surface area contributed by atoms with Crippen molar-refractivity contribution in [3.8, 4) is 0 Å². The van der Waals surface area contributed by atoms with Crippen LogP contribution >= 0.6 is 7.92 Å². The third-order valence-electron chi connectivity index (χ3n) is 5.24. The van der Waals surface area contributed by atoms with E-state index in [0.29, 0.717) is 6.61 Å². The fourth-order valence-electron chi connectivity index (χ4n) is 3.83. The molecule has 3 heteroatoms. The summed E-state index contributed by atoms with van der Waals surface area (Å²) in [5.74, 6) is 0.735. The van der Waals surface area contributed by atoms with Crippen LogP contribution in [0.3, 0.4) is 0 Å². The van der Waals surface area contributed by atoms with E-state index in [4.69, 9.17) is 9.73 Å². The highest BCUT2D eigenvalue weighted by atomic mass is 31.1. The summed E-state index contributed by atoms with van der Waals surface area (Å²) in [4.78, 5) is 4.96. The van der Waals surface area contributed by atoms with Crippen molar-refractivity contribution >= 4 is 29.7 Å². The standard InChI is InChI=1S/C27H22NOP/c1-4-12-21(13-5-1)27-28-25(20-29-27)24-18-10-11-19-26(24)30(22-14-6-2-7-15-22)23-16-8-3-9-17-23/h1-19,25H,20H2. The predicted molar refractivity (Wildman–Crippen MR) is 127 cm³/mol. The quantitative estimate of drug-likeness (QED) is 0.429. The van der Waals surface area contributed by atoms with E-state index in [1.165, 1.54) is 21.5 Å². The molecule has 1 heterocycles. The van der Waals surface area contributed by atoms with Crippen molar-refractivity contribution in [3.63, 3.8) is 0 Å². The average Bonchev–Trinajstić information content (AvgIpc) is 3.32. The first-order chi connectivity index (χ1) is 14.9. The second-order valence-electron chi connectivity index (χ2n) is 7.19. The van der Waals surface area contributed by atoms with Gasteiger partial charge in [0.1, 0.15) is 12.6 Å². The lowest BCUT2D eigenvalue weighted by atomic mass is 10.1. The van der Waals surface area contributed by atoms with E-state index in [0.717, 1.165) is 11.5 Å². The van der Waals surface area contributed by atoms with Crippen LogP contribution in [0.25, 0.3) is 0 Å². The highest BCUT2D eigenvalue weighted by Crippen LogP contribution is 2.37. The molecule has 0 N–H and O–H groups in total. The molecule has 4 aromatic rings. The van der Waals surface area contributed by atoms with Crippen LogP contribution in [-0.2, 0) is 4.74 Å². The van der Waals surface area contributed by atoms with Crippen molar-refractivity contribution in [2.24, 2.45) is 4.99 Å². The summed E-state index contributed by atoms with van der Waals surface area (Å²) in [6.07, 6.45) is 0. The SMILES string of the molecule is c1ccc(C2=NC(c3ccccc3P(c3ccccc3)c3ccccc3)CO2)cc1. The van der Waals surface area contributed by atoms with Gasteiger partial charge in [-0.15, -0.1) is 0 Å². The zero-order valence-electron chi connectivity index (χ0n) is 16.6. The molecule has 0 spiro atoms. The molecule has 146 valence electrons. The van der Waals surface area contributed by atoms with Gasteiger partial charge in [-0.1, -0.05) is 103 Å². The molecule has 30 heavy (non-hydrogen) atoms. The Balaban J connectivity index is 1.59. The Hall–Kier alpha value is -3.22. The van der Waals surface area contributed by atoms with Crippen LogP contribution in [0.5, 0.6) is 0 Å². The van der Waals surface area contributed by atoms with Gasteiger partial charge < -0.3 is 4.74 Å². The van der Waals surface area contributed by atoms with E-state index < -0.39 is 7.92 Å². The number of ether oxygens (including phenoxy) is 1. The van der Waals surface area contributed by atoms with Crippen LogP contribution in [-0.4, -0.2) is 12.5 Å². The van der Waals surface area contributed by atoms with Crippen LogP contribution in [0.2, 0.25) is 0 Å². The van der Waals surface area contributed by atoms with Gasteiger partial charge >= 0.3 is 0 Å². The Morgan fingerprint density at radius 2 is 1.17 bits per heavy atom. The van der Waals surface area contributed by atoms with Crippen molar-refractivity contribution in [1.82, 2.24) is 0 Å². The number of nitrogens with zero attached hydrogens (tertiary/aromatic N) is 1. The van der Waals surface area contributed by atoms with Gasteiger partial charge in [-0.2, -0.15) is 0 Å². The first-order valence-electron chi connectivity index (χ1n) is 10.2. The lowest BCUT2D eigenvalue weighted by Crippen LogP contribution is -2.24. The van der Waals surface area contributed by atoms with E-state index in [9.17, 15) is 0 Å². The summed E-state index contributed by atoms with van der Waals surface area (Å²) in [6, 6.07) is 40.5. The van der Waals surface area contributed by atoms with Gasteiger partial charge in [0.25, 0.3) is 0 Å². The molecule has 0 aliphatic carbocycles. The fourth-order valence-corrected chi connectivity index (χ4v) is 6.34. The maximum atomic E-state index is 6.01. The predicted octanol–water partition coefficient (Wildman–Crippen LogP) is 4.96. The average molecular weight is 407 g/mol. The van der Waals surface area contributed by atoms with Gasteiger partial charge in [-0.3, -0.25) is 0 Å². The molecule has 0 fully saturated rings. The number of hydrogen-bond donors (Lipinski definition) is 0. The Labute approximate surface area is 178 Å². The van der Waals surface area contributed by atoms with Gasteiger partial charge in [0, 0.05) is 5.56 Å². The molecule has 0 saturated heterocycles. The molecule has 1 aliphatic heterocycles. The largest absolute Gasteiger partial charge is 0.475 e. The highest BCUT2D eigenvalue weighted by molar-refractivity contribution is 7.79. The molecular formula is C27H22NOP. The summed E-state index contributed by atoms with van der Waals surface area (Å²) < 4.78 is 6.01. The van der Waals surface area contributed by atoms with Crippen molar-refractivity contribution in [2.45, 2.75) is 6.04 Å². The monoisotopic (exact) mass is 407 g/mol. The molecular weight excluding hydrogens is 385 g/mol. The van der Waals surface area contributed by atoms with Gasteiger partial charge in [0.2, 0.25) is 5.90 Å². The Morgan fingerprint density at radius 1 is 0.633 bits per heavy atom. The molecule has 1 aliphatic rings. The smallest absolute Gasteiger partial charge is 0.216 e. The van der Waals surface area contributed by atoms with E-state index in [1.54, 1.807) is 0 Å². The van der Waals surface area contributed by atoms with Crippen LogP contribution in [0, 0.1) is 0 Å². The third-order valence-corrected chi connectivity index (χ3v) is 7.76. The molecule has 0 amide bonds. The number of rotatable bonds is 5. The lowest BCUT2D eigenvalue weighted by molar-refractivity contribution is 0.320. The molecule has 0 saturated carbocycles. The van der Waals surface area contributed by atoms with Crippen molar-refractivity contribution in [3.05, 3.63) is 126 Å². The van der Waals surface area contributed by atoms with E-state index in [-0.39, 0.29) is 6.04 Å². The Bertz CT molecular complexity index is 1100. The van der Waals surface area contributed by atoms with E-state index >= 15 is 0 Å². The van der Waals surface area contributed by atoms with Crippen molar-refractivity contribution in [2.75, 3.05) is 6.61 Å². The molecule has 5 rings (SSSR count). The maximum Gasteiger partial charge on any atom is 0.216 e. The van der Waals surface area contributed by atoms with Crippen molar-refractivity contribution < 1.29 is 4.74 Å². The van der Waals surface area contributed by atoms with Crippen LogP contribution in [0.15, 0.2) is 120 Å². The molecule has 0 aromatic heterocycles. The molecule has 0 radical (unpaired) electrons. The first kappa shape index (κ1) is 18.8. The second kappa shape index (κ2) is 8.65. The van der Waals surface area contributed by atoms with Crippen LogP contribution in [0.4, 0.5) is 0 Å². The van der Waals surface area contributed by atoms with Gasteiger partial charge in [-0.05, 0) is 41.5 Å². The minimum Gasteiger partial charge on any atom is -0.475 e. The van der Waals surface area contributed by atoms with Gasteiger partial charge in [0.15, 0.2) is 0 Å². The zero-order valence-corrected chi connectivity index (χ0v) is 17.5. The topological polar surface area (TPSA) is 21.6 Å². The maximum absolute atomic E-state index is 6.01. The van der Waals surface area contributed by atoms with Gasteiger partial charge in [-0.25, -0.2) is 4.99 Å². The molecule has 1 atom stereocenters. The number of aliphatic imine (C=N–C) groups is 1. The Morgan fingerprint density at radius 3 is 1.80 bits per heavy atom. The molecule has 4 aromatic carbocycles. The van der Waals surface area contributed by atoms with Gasteiger partial charge in [0.05, 0.1) is 0 Å². The summed E-state index contributed by atoms with van der Waals surface area (Å²) in [5, 5.41) is 4.03. The third kappa shape index (κ3) is 3.79. The first-order valence-corrected chi connectivity index (χ1v) is 11.5. The minimum atomic E-state index is -0.676. The number of hydrogen-bond acceptors (Lipinski definition) is 2. The number of benzene rings is 4. The van der Waals surface area contributed by atoms with Crippen LogP contribution < -0.4 is 15.9 Å². The normalized spacial score (nSPS) is 15.6. The van der Waals surface area contributed by atoms with Crippen molar-refractivity contribution in [1.29, 1.82) is 0 Å². The Kier molecular flexibility index (Phi) is 5.42. The summed E-state index contributed by atoms with van der Waals surface area (Å²) in [7, 11) is -0.676. The molecule has 2 nitrogen and oxygen atoms in total. The van der Waals surface area contributed by atoms with E-state index in [1.807, 2.05) is 30.3 Å². The summed E-state index contributed by atoms with van der Waals surface area (Å²) in [6.45, 7) is 0.577. The van der Waals surface area contributed by atoms with Crippen LogP contribution in [0.1, 0.15) is 17.2 Å². The van der Waals surface area contributed by atoms with E-state index in [2.05, 4.69) is 84.9 Å². The fraction of sp³-hybridized carbons (Fsp3) is 0.0741. The summed E-state index contributed by atoms with van der Waals surface area (Å²) >= 11 is 0. The molecule has 1 unspecified atom stereocenters. The minimum absolute atomic E-state index is 0.00818. The zero-order chi connectivity index (χ0) is 20.2. The lowest BCUT2D eigenvalue weighted by Gasteiger charge is -2.23. The second-order valence-corrected chi connectivity index (χ2v) is 9.38. The summed E-state index contributed by atoms with van der Waals surface area (Å²) in [5.41, 5.74) is 2.29. The highest BCUT2D eigenvalue weighted by Gasteiger charge is 2.27. The molecule has 0 bridgehead atoms.